The molecule has 1 amide bonds. The number of carbonyl (C=O) groups excluding carboxylic acids is 1. The van der Waals surface area contributed by atoms with Crippen LogP contribution < -0.4 is 15.0 Å². The van der Waals surface area contributed by atoms with Gasteiger partial charge in [-0.1, -0.05) is 18.6 Å². The quantitative estimate of drug-likeness (QED) is 0.293. The van der Waals surface area contributed by atoms with Gasteiger partial charge in [-0.15, -0.1) is 0 Å². The topological polar surface area (TPSA) is 108 Å². The number of piperidine rings is 1. The van der Waals surface area contributed by atoms with Crippen molar-refractivity contribution in [2.24, 2.45) is 0 Å². The highest BCUT2D eigenvalue weighted by Gasteiger charge is 2.41. The summed E-state index contributed by atoms with van der Waals surface area (Å²) in [4.78, 5) is 15.2. The molecule has 3 aromatic rings. The molecule has 5 rings (SSSR count). The summed E-state index contributed by atoms with van der Waals surface area (Å²) in [5.74, 6) is 0.133. The third-order valence-electron chi connectivity index (χ3n) is 7.29. The van der Waals surface area contributed by atoms with Gasteiger partial charge in [0.2, 0.25) is 10.0 Å². The number of sulfonamides is 1. The van der Waals surface area contributed by atoms with Crippen LogP contribution in [-0.2, 0) is 21.2 Å². The van der Waals surface area contributed by atoms with Gasteiger partial charge < -0.3 is 9.47 Å². The molecule has 0 saturated carbocycles. The number of rotatable bonds is 9. The van der Waals surface area contributed by atoms with Crippen LogP contribution in [0.1, 0.15) is 36.4 Å². The summed E-state index contributed by atoms with van der Waals surface area (Å²) in [5, 5.41) is 9.52. The first-order valence-corrected chi connectivity index (χ1v) is 14.8. The number of nitrogens with one attached hydrogen (secondary N) is 1. The Kier molecular flexibility index (Phi) is 8.65. The highest BCUT2D eigenvalue weighted by Crippen LogP contribution is 2.38. The molecule has 1 atom stereocenters. The van der Waals surface area contributed by atoms with E-state index in [2.05, 4.69) is 4.90 Å². The summed E-state index contributed by atoms with van der Waals surface area (Å²) >= 11 is 0. The van der Waals surface area contributed by atoms with Crippen molar-refractivity contribution in [1.82, 2.24) is 14.7 Å². The molecule has 2 aliphatic heterocycles. The lowest BCUT2D eigenvalue weighted by molar-refractivity contribution is -0.133. The van der Waals surface area contributed by atoms with E-state index in [0.717, 1.165) is 29.5 Å². The van der Waals surface area contributed by atoms with Crippen LogP contribution in [0, 0.1) is 5.82 Å². The predicted molar refractivity (Wildman–Crippen MR) is 145 cm³/mol. The number of ether oxygens (including phenoxy) is 2. The second-order valence-electron chi connectivity index (χ2n) is 9.85. The van der Waals surface area contributed by atoms with Gasteiger partial charge in [-0.25, -0.2) is 18.3 Å². The van der Waals surface area contributed by atoms with Gasteiger partial charge in [-0.3, -0.25) is 14.9 Å². The third-order valence-corrected chi connectivity index (χ3v) is 9.16. The average molecular weight is 570 g/mol. The molecule has 1 saturated heterocycles. The molecule has 1 fully saturated rings. The van der Waals surface area contributed by atoms with E-state index in [9.17, 15) is 22.8 Å². The van der Waals surface area contributed by atoms with Crippen molar-refractivity contribution in [2.45, 2.75) is 36.6 Å². The van der Waals surface area contributed by atoms with E-state index in [4.69, 9.17) is 9.47 Å². The van der Waals surface area contributed by atoms with E-state index in [1.165, 1.54) is 67.8 Å². The number of likely N-dealkylation sites (tertiary alicyclic amines) is 1. The molecule has 3 aromatic carbocycles. The Bertz CT molecular complexity index is 1430. The number of hydroxylamine groups is 1. The maximum absolute atomic E-state index is 13.7. The lowest BCUT2D eigenvalue weighted by atomic mass is 9.93. The highest BCUT2D eigenvalue weighted by atomic mass is 32.2. The fraction of sp³-hybridized carbons (Fsp3) is 0.345. The summed E-state index contributed by atoms with van der Waals surface area (Å²) < 4.78 is 53.4. The predicted octanol–water partition coefficient (Wildman–Crippen LogP) is 4.28. The molecule has 0 aliphatic carbocycles. The zero-order valence-corrected chi connectivity index (χ0v) is 22.8. The molecule has 0 aromatic heterocycles. The zero-order chi connectivity index (χ0) is 28.1. The maximum Gasteiger partial charge on any atom is 0.266 e. The molecule has 2 aliphatic rings. The van der Waals surface area contributed by atoms with Crippen molar-refractivity contribution in [3.05, 3.63) is 83.7 Å². The molecule has 2 N–H and O–H groups in total. The molecule has 0 bridgehead atoms. The number of nitrogens with zero attached hydrogens (tertiary/aromatic N) is 2. The van der Waals surface area contributed by atoms with Crippen LogP contribution >= 0.6 is 0 Å². The molecule has 40 heavy (non-hydrogen) atoms. The first-order chi connectivity index (χ1) is 19.4. The molecule has 9 nitrogen and oxygen atoms in total. The zero-order valence-electron chi connectivity index (χ0n) is 22.0. The van der Waals surface area contributed by atoms with Crippen LogP contribution in [0.25, 0.3) is 0 Å². The molecule has 212 valence electrons. The van der Waals surface area contributed by atoms with Crippen molar-refractivity contribution >= 4 is 15.9 Å². The minimum absolute atomic E-state index is 0.0216. The number of halogens is 1. The lowest BCUT2D eigenvalue weighted by Gasteiger charge is -2.35. The monoisotopic (exact) mass is 569 g/mol. The maximum atomic E-state index is 13.7. The first-order valence-electron chi connectivity index (χ1n) is 13.3. The van der Waals surface area contributed by atoms with Gasteiger partial charge in [-0.05, 0) is 92.5 Å². The Labute approximate surface area is 233 Å². The Morgan fingerprint density at radius 3 is 2.30 bits per heavy atom. The van der Waals surface area contributed by atoms with Crippen molar-refractivity contribution in [2.75, 3.05) is 32.8 Å². The summed E-state index contributed by atoms with van der Waals surface area (Å²) in [6.45, 7) is 3.42. The van der Waals surface area contributed by atoms with Gasteiger partial charge in [-0.2, -0.15) is 4.31 Å². The Morgan fingerprint density at radius 2 is 1.62 bits per heavy atom. The summed E-state index contributed by atoms with van der Waals surface area (Å²) in [7, 11) is -4.14. The largest absolute Gasteiger partial charge is 0.492 e. The normalized spacial score (nSPS) is 18.1. The van der Waals surface area contributed by atoms with Crippen molar-refractivity contribution in [3.63, 3.8) is 0 Å². The fourth-order valence-corrected chi connectivity index (χ4v) is 6.83. The lowest BCUT2D eigenvalue weighted by Crippen LogP contribution is -2.46. The number of fused-ring (bicyclic) bond motifs is 1. The number of hydrogen-bond acceptors (Lipinski definition) is 7. The molecular formula is C29H32FN3O6S. The molecule has 0 spiro atoms. The molecule has 11 heteroatoms. The van der Waals surface area contributed by atoms with Gasteiger partial charge in [0.25, 0.3) is 5.91 Å². The van der Waals surface area contributed by atoms with Crippen molar-refractivity contribution < 1.29 is 32.3 Å². The Morgan fingerprint density at radius 1 is 0.950 bits per heavy atom. The molecular weight excluding hydrogens is 537 g/mol. The van der Waals surface area contributed by atoms with Gasteiger partial charge in [0.05, 0.1) is 4.90 Å². The van der Waals surface area contributed by atoms with Gasteiger partial charge in [0, 0.05) is 18.7 Å². The van der Waals surface area contributed by atoms with E-state index in [-0.39, 0.29) is 11.4 Å². The smallest absolute Gasteiger partial charge is 0.266 e. The number of carbonyl (C=O) groups is 1. The van der Waals surface area contributed by atoms with Gasteiger partial charge in [0.15, 0.2) is 0 Å². The molecule has 2 heterocycles. The van der Waals surface area contributed by atoms with Crippen LogP contribution in [0.15, 0.2) is 71.6 Å². The minimum Gasteiger partial charge on any atom is -0.492 e. The number of benzene rings is 3. The number of amides is 1. The van der Waals surface area contributed by atoms with E-state index in [0.29, 0.717) is 35.8 Å². The first kappa shape index (κ1) is 28.0. The molecule has 0 radical (unpaired) electrons. The number of hydrogen-bond donors (Lipinski definition) is 2. The standard InChI is InChI=1S/C29H32FN3O6S/c30-21-7-9-22(10-8-21)39-23-11-13-24(14-12-23)40(36,37)33-18-15-25-26(28(33)29(34)31-35)5-4-6-27(25)38-20-19-32-16-2-1-3-17-32/h4-14,28,35H,1-3,15-20H2,(H,31,34). The molecule has 1 unspecified atom stereocenters. The van der Waals surface area contributed by atoms with Crippen molar-refractivity contribution in [3.8, 4) is 17.2 Å². The fourth-order valence-electron chi connectivity index (χ4n) is 5.26. The second kappa shape index (κ2) is 12.3. The van der Waals surface area contributed by atoms with Crippen LogP contribution in [0.5, 0.6) is 17.2 Å². The van der Waals surface area contributed by atoms with Gasteiger partial charge >= 0.3 is 0 Å². The summed E-state index contributed by atoms with van der Waals surface area (Å²) in [5.41, 5.74) is 2.86. The van der Waals surface area contributed by atoms with Gasteiger partial charge in [0.1, 0.15) is 35.7 Å². The van der Waals surface area contributed by atoms with Crippen LogP contribution in [0.4, 0.5) is 4.39 Å². The third kappa shape index (κ3) is 6.12. The Hall–Kier alpha value is -3.51. The minimum atomic E-state index is -4.14. The van der Waals surface area contributed by atoms with E-state index < -0.39 is 27.8 Å². The second-order valence-corrected chi connectivity index (χ2v) is 11.7. The van der Waals surface area contributed by atoms with E-state index >= 15 is 0 Å². The van der Waals surface area contributed by atoms with E-state index in [1.54, 1.807) is 17.6 Å². The Balaban J connectivity index is 1.35. The van der Waals surface area contributed by atoms with Crippen molar-refractivity contribution in [1.29, 1.82) is 0 Å². The average Bonchev–Trinajstić information content (AvgIpc) is 2.98. The highest BCUT2D eigenvalue weighted by molar-refractivity contribution is 7.89. The van der Waals surface area contributed by atoms with E-state index in [1.807, 2.05) is 6.07 Å². The van der Waals surface area contributed by atoms with Crippen LogP contribution in [0.3, 0.4) is 0 Å². The SMILES string of the molecule is O=C(NO)C1c2cccc(OCCN3CCCCC3)c2CCN1S(=O)(=O)c1ccc(Oc2ccc(F)cc2)cc1. The summed E-state index contributed by atoms with van der Waals surface area (Å²) in [6, 6.07) is 15.2. The van der Waals surface area contributed by atoms with Crippen LogP contribution in [0.2, 0.25) is 0 Å². The summed E-state index contributed by atoms with van der Waals surface area (Å²) in [6.07, 6.45) is 3.97. The van der Waals surface area contributed by atoms with Crippen LogP contribution in [-0.4, -0.2) is 61.5 Å².